The molecule has 0 fully saturated rings. The average Bonchev–Trinajstić information content (AvgIpc) is 3.03. The molecule has 0 bridgehead atoms. The van der Waals surface area contributed by atoms with Crippen molar-refractivity contribution in [2.24, 2.45) is 0 Å². The van der Waals surface area contributed by atoms with E-state index in [0.717, 1.165) is 4.57 Å². The Morgan fingerprint density at radius 2 is 1.96 bits per heavy atom. The fraction of sp³-hybridized carbons (Fsp3) is 0.200. The van der Waals surface area contributed by atoms with E-state index in [2.05, 4.69) is 25.9 Å². The van der Waals surface area contributed by atoms with Gasteiger partial charge in [-0.3, -0.25) is 19.5 Å². The lowest BCUT2D eigenvalue weighted by atomic mass is 10.3. The van der Waals surface area contributed by atoms with E-state index in [1.54, 1.807) is 19.1 Å². The molecule has 0 aliphatic carbocycles. The summed E-state index contributed by atoms with van der Waals surface area (Å²) in [6, 6.07) is 8.51. The summed E-state index contributed by atoms with van der Waals surface area (Å²) in [4.78, 5) is 39.8. The number of fused-ring (bicyclic) bond motifs is 1. The molecule has 3 aromatic rings. The van der Waals surface area contributed by atoms with Crippen LogP contribution in [0.1, 0.15) is 6.92 Å². The Labute approximate surface area is 141 Å². The molecule has 128 valence electrons. The summed E-state index contributed by atoms with van der Waals surface area (Å²) in [5.74, 6) is -0.635. The van der Waals surface area contributed by atoms with Gasteiger partial charge in [-0.15, -0.1) is 5.10 Å². The van der Waals surface area contributed by atoms with Gasteiger partial charge in [0.25, 0.3) is 5.56 Å². The number of amides is 3. The molecule has 1 aromatic carbocycles. The summed E-state index contributed by atoms with van der Waals surface area (Å²) >= 11 is 0. The Balaban J connectivity index is 1.88. The molecular weight excluding hydrogens is 326 g/mol. The van der Waals surface area contributed by atoms with Crippen LogP contribution in [-0.2, 0) is 11.3 Å². The maximum atomic E-state index is 12.4. The fourth-order valence-electron chi connectivity index (χ4n) is 2.23. The SMILES string of the molecule is CCNC(=O)NC(=O)Cn1cnc2c(nnn2-c2ccccc2)c1=O. The average molecular weight is 341 g/mol. The zero-order valence-electron chi connectivity index (χ0n) is 13.3. The van der Waals surface area contributed by atoms with Gasteiger partial charge in [-0.1, -0.05) is 23.4 Å². The van der Waals surface area contributed by atoms with E-state index in [4.69, 9.17) is 0 Å². The van der Waals surface area contributed by atoms with Gasteiger partial charge in [0.05, 0.1) is 5.69 Å². The smallest absolute Gasteiger partial charge is 0.321 e. The molecule has 0 saturated heterocycles. The van der Waals surface area contributed by atoms with Gasteiger partial charge in [0.15, 0.2) is 11.2 Å². The van der Waals surface area contributed by atoms with Gasteiger partial charge in [0, 0.05) is 6.54 Å². The van der Waals surface area contributed by atoms with Crippen molar-refractivity contribution in [3.05, 3.63) is 47.0 Å². The van der Waals surface area contributed by atoms with Crippen LogP contribution in [0, 0.1) is 0 Å². The summed E-state index contributed by atoms with van der Waals surface area (Å²) in [6.07, 6.45) is 1.23. The number of hydrogen-bond donors (Lipinski definition) is 2. The lowest BCUT2D eigenvalue weighted by molar-refractivity contribution is -0.120. The minimum Gasteiger partial charge on any atom is -0.338 e. The predicted molar refractivity (Wildman–Crippen MR) is 88.1 cm³/mol. The zero-order chi connectivity index (χ0) is 17.8. The highest BCUT2D eigenvalue weighted by Crippen LogP contribution is 2.10. The van der Waals surface area contributed by atoms with E-state index < -0.39 is 17.5 Å². The lowest BCUT2D eigenvalue weighted by Crippen LogP contribution is -2.42. The zero-order valence-corrected chi connectivity index (χ0v) is 13.3. The highest BCUT2D eigenvalue weighted by Gasteiger charge is 2.15. The third kappa shape index (κ3) is 3.37. The molecular formula is C15H15N7O3. The van der Waals surface area contributed by atoms with E-state index >= 15 is 0 Å². The number of benzene rings is 1. The van der Waals surface area contributed by atoms with E-state index in [1.165, 1.54) is 11.0 Å². The number of urea groups is 1. The molecule has 10 heteroatoms. The van der Waals surface area contributed by atoms with Crippen LogP contribution in [0.5, 0.6) is 0 Å². The van der Waals surface area contributed by atoms with Crippen molar-refractivity contribution < 1.29 is 9.59 Å². The quantitative estimate of drug-likeness (QED) is 0.678. The van der Waals surface area contributed by atoms with E-state index in [0.29, 0.717) is 12.2 Å². The van der Waals surface area contributed by atoms with Gasteiger partial charge in [0.1, 0.15) is 12.9 Å². The number of nitrogens with one attached hydrogen (secondary N) is 2. The summed E-state index contributed by atoms with van der Waals surface area (Å²) in [5, 5.41) is 12.4. The number of rotatable bonds is 4. The number of nitrogens with zero attached hydrogens (tertiary/aromatic N) is 5. The van der Waals surface area contributed by atoms with Gasteiger partial charge in [-0.05, 0) is 19.1 Å². The van der Waals surface area contributed by atoms with E-state index in [1.807, 2.05) is 18.2 Å². The molecule has 0 saturated carbocycles. The first-order valence-electron chi connectivity index (χ1n) is 7.54. The molecule has 0 radical (unpaired) electrons. The topological polar surface area (TPSA) is 124 Å². The summed E-state index contributed by atoms with van der Waals surface area (Å²) in [5.41, 5.74) is 0.524. The highest BCUT2D eigenvalue weighted by atomic mass is 16.2. The van der Waals surface area contributed by atoms with Gasteiger partial charge >= 0.3 is 6.03 Å². The van der Waals surface area contributed by atoms with Crippen LogP contribution in [0.4, 0.5) is 4.79 Å². The molecule has 2 aromatic heterocycles. The molecule has 0 unspecified atom stereocenters. The van der Waals surface area contributed by atoms with Crippen LogP contribution in [-0.4, -0.2) is 43.0 Å². The molecule has 3 amide bonds. The third-order valence-corrected chi connectivity index (χ3v) is 3.33. The second kappa shape index (κ2) is 6.91. The minimum atomic E-state index is -0.635. The summed E-state index contributed by atoms with van der Waals surface area (Å²) < 4.78 is 2.51. The number of carbonyl (C=O) groups is 2. The standard InChI is InChI=1S/C15H15N7O3/c1-2-16-15(25)18-11(23)8-21-9-17-13-12(14(21)24)19-20-22(13)10-6-4-3-5-7-10/h3-7,9H,2,8H2,1H3,(H2,16,18,23,25). The first-order valence-corrected chi connectivity index (χ1v) is 7.54. The van der Waals surface area contributed by atoms with Crippen molar-refractivity contribution in [2.45, 2.75) is 13.5 Å². The number of aromatic nitrogens is 5. The Hall–Kier alpha value is -3.56. The maximum Gasteiger partial charge on any atom is 0.321 e. The van der Waals surface area contributed by atoms with Crippen molar-refractivity contribution >= 4 is 23.1 Å². The van der Waals surface area contributed by atoms with Crippen molar-refractivity contribution in [3.8, 4) is 5.69 Å². The Morgan fingerprint density at radius 3 is 2.68 bits per heavy atom. The molecule has 0 atom stereocenters. The molecule has 3 rings (SSSR count). The van der Waals surface area contributed by atoms with E-state index in [-0.39, 0.29) is 17.7 Å². The largest absolute Gasteiger partial charge is 0.338 e. The maximum absolute atomic E-state index is 12.4. The first kappa shape index (κ1) is 16.3. The molecule has 0 aliphatic rings. The molecule has 25 heavy (non-hydrogen) atoms. The third-order valence-electron chi connectivity index (χ3n) is 3.33. The van der Waals surface area contributed by atoms with Gasteiger partial charge < -0.3 is 5.32 Å². The van der Waals surface area contributed by atoms with Gasteiger partial charge in [0.2, 0.25) is 5.91 Å². The summed E-state index contributed by atoms with van der Waals surface area (Å²) in [7, 11) is 0. The predicted octanol–water partition coefficient (Wildman–Crippen LogP) is -0.177. The van der Waals surface area contributed by atoms with Crippen LogP contribution in [0.2, 0.25) is 0 Å². The molecule has 0 aliphatic heterocycles. The van der Waals surface area contributed by atoms with Crippen LogP contribution >= 0.6 is 0 Å². The molecule has 2 heterocycles. The van der Waals surface area contributed by atoms with Crippen LogP contribution < -0.4 is 16.2 Å². The Bertz CT molecular complexity index is 978. The van der Waals surface area contributed by atoms with Crippen molar-refractivity contribution in [3.63, 3.8) is 0 Å². The number of para-hydroxylation sites is 1. The number of hydrogen-bond acceptors (Lipinski definition) is 6. The van der Waals surface area contributed by atoms with Crippen LogP contribution in [0.3, 0.4) is 0 Å². The Morgan fingerprint density at radius 1 is 1.20 bits per heavy atom. The van der Waals surface area contributed by atoms with Gasteiger partial charge in [-0.2, -0.15) is 4.68 Å². The second-order valence-corrected chi connectivity index (χ2v) is 5.09. The lowest BCUT2D eigenvalue weighted by Gasteiger charge is -2.06. The monoisotopic (exact) mass is 341 g/mol. The highest BCUT2D eigenvalue weighted by molar-refractivity contribution is 5.94. The first-order chi connectivity index (χ1) is 12.1. The van der Waals surface area contributed by atoms with Crippen LogP contribution in [0.25, 0.3) is 16.9 Å². The normalized spacial score (nSPS) is 10.6. The van der Waals surface area contributed by atoms with E-state index in [9.17, 15) is 14.4 Å². The fourth-order valence-corrected chi connectivity index (χ4v) is 2.23. The van der Waals surface area contributed by atoms with Gasteiger partial charge in [-0.25, -0.2) is 9.78 Å². The summed E-state index contributed by atoms with van der Waals surface area (Å²) in [6.45, 7) is 1.76. The van der Waals surface area contributed by atoms with Crippen LogP contribution in [0.15, 0.2) is 41.5 Å². The minimum absolute atomic E-state index is 0.0390. The Kier molecular flexibility index (Phi) is 4.50. The van der Waals surface area contributed by atoms with Crippen molar-refractivity contribution in [1.29, 1.82) is 0 Å². The number of imide groups is 1. The molecule has 0 spiro atoms. The molecule has 10 nitrogen and oxygen atoms in total. The van der Waals surface area contributed by atoms with Crippen molar-refractivity contribution in [2.75, 3.05) is 6.54 Å². The van der Waals surface area contributed by atoms with Crippen molar-refractivity contribution in [1.82, 2.24) is 35.2 Å². The molecule has 2 N–H and O–H groups in total. The second-order valence-electron chi connectivity index (χ2n) is 5.09. The number of carbonyl (C=O) groups excluding carboxylic acids is 2.